The Morgan fingerprint density at radius 2 is 1.68 bits per heavy atom. The Bertz CT molecular complexity index is 648. The number of benzene rings is 2. The fourth-order valence-electron chi connectivity index (χ4n) is 2.40. The summed E-state index contributed by atoms with van der Waals surface area (Å²) in [5, 5.41) is 8.80. The molecule has 0 bridgehead atoms. The van der Waals surface area contributed by atoms with E-state index in [4.69, 9.17) is 5.41 Å². The van der Waals surface area contributed by atoms with E-state index >= 15 is 0 Å². The largest absolute Gasteiger partial charge is 0.342 e. The smallest absolute Gasteiger partial charge is 0.182 e. The molecule has 22 heavy (non-hydrogen) atoms. The zero-order chi connectivity index (χ0) is 14.7. The number of carbonyl (C=O) groups excluding carboxylic acids is 1. The van der Waals surface area contributed by atoms with Gasteiger partial charge in [0.2, 0.25) is 0 Å². The Morgan fingerprint density at radius 1 is 1.09 bits per heavy atom. The van der Waals surface area contributed by atoms with Gasteiger partial charge in [0.05, 0.1) is 11.8 Å². The number of ketones is 1. The van der Waals surface area contributed by atoms with E-state index in [1.807, 2.05) is 53.4 Å². The number of hydrogen-bond donors (Lipinski definition) is 1. The van der Waals surface area contributed by atoms with Gasteiger partial charge in [0.1, 0.15) is 0 Å². The Balaban J connectivity index is 0.00000176. The van der Waals surface area contributed by atoms with Crippen LogP contribution in [0.2, 0.25) is 0 Å². The highest BCUT2D eigenvalue weighted by Crippen LogP contribution is 2.37. The van der Waals surface area contributed by atoms with Crippen LogP contribution in [0.15, 0.2) is 60.7 Å². The van der Waals surface area contributed by atoms with Crippen LogP contribution in [0.5, 0.6) is 0 Å². The number of Topliss-reactive ketones (excluding diaryl/α,β-unsaturated/α-hetero) is 1. The Morgan fingerprint density at radius 3 is 2.32 bits per heavy atom. The van der Waals surface area contributed by atoms with Crippen molar-refractivity contribution in [1.29, 1.82) is 5.41 Å². The van der Waals surface area contributed by atoms with Crippen LogP contribution in [0.4, 0.5) is 0 Å². The van der Waals surface area contributed by atoms with Crippen molar-refractivity contribution in [1.82, 2.24) is 4.90 Å². The van der Waals surface area contributed by atoms with E-state index in [-0.39, 0.29) is 34.6 Å². The molecule has 2 aromatic carbocycles. The summed E-state index contributed by atoms with van der Waals surface area (Å²) in [6.07, 6.45) is 0. The molecule has 1 atom stereocenters. The highest BCUT2D eigenvalue weighted by atomic mass is 79.9. The molecular weight excluding hydrogens is 360 g/mol. The SMILES string of the molecule is Br.N=C1SC(c2ccccc2)CN1CC(=O)c1ccccc1. The van der Waals surface area contributed by atoms with Crippen LogP contribution >= 0.6 is 28.7 Å². The zero-order valence-corrected chi connectivity index (χ0v) is 14.5. The topological polar surface area (TPSA) is 44.2 Å². The number of nitrogens with one attached hydrogen (secondary N) is 1. The van der Waals surface area contributed by atoms with Crippen molar-refractivity contribution in [3.63, 3.8) is 0 Å². The van der Waals surface area contributed by atoms with Crippen molar-refractivity contribution in [2.24, 2.45) is 0 Å². The number of halogens is 1. The fraction of sp³-hybridized carbons (Fsp3) is 0.176. The Kier molecular flexibility index (Phi) is 5.80. The molecule has 1 fully saturated rings. The second-order valence-corrected chi connectivity index (χ2v) is 6.18. The van der Waals surface area contributed by atoms with Crippen molar-refractivity contribution in [3.05, 3.63) is 71.8 Å². The van der Waals surface area contributed by atoms with Crippen LogP contribution in [-0.4, -0.2) is 28.9 Å². The molecule has 2 aromatic rings. The minimum Gasteiger partial charge on any atom is -0.342 e. The number of thioether (sulfide) groups is 1. The minimum absolute atomic E-state index is 0. The van der Waals surface area contributed by atoms with Gasteiger partial charge in [0, 0.05) is 12.1 Å². The third kappa shape index (κ3) is 3.78. The first kappa shape index (κ1) is 16.8. The van der Waals surface area contributed by atoms with E-state index in [9.17, 15) is 4.79 Å². The monoisotopic (exact) mass is 376 g/mol. The Hall–Kier alpha value is -1.59. The first-order valence-electron chi connectivity index (χ1n) is 6.87. The third-order valence-corrected chi connectivity index (χ3v) is 4.72. The first-order valence-corrected chi connectivity index (χ1v) is 7.75. The van der Waals surface area contributed by atoms with E-state index in [1.165, 1.54) is 17.3 Å². The molecule has 0 spiro atoms. The average Bonchev–Trinajstić information content (AvgIpc) is 2.90. The van der Waals surface area contributed by atoms with Crippen molar-refractivity contribution in [2.45, 2.75) is 5.25 Å². The molecule has 3 nitrogen and oxygen atoms in total. The second kappa shape index (κ2) is 7.61. The van der Waals surface area contributed by atoms with E-state index < -0.39 is 0 Å². The van der Waals surface area contributed by atoms with Crippen molar-refractivity contribution in [3.8, 4) is 0 Å². The summed E-state index contributed by atoms with van der Waals surface area (Å²) < 4.78 is 0. The van der Waals surface area contributed by atoms with E-state index in [1.54, 1.807) is 0 Å². The predicted octanol–water partition coefficient (Wildman–Crippen LogP) is 4.17. The summed E-state index contributed by atoms with van der Waals surface area (Å²) in [6.45, 7) is 0.991. The lowest BCUT2D eigenvalue weighted by Gasteiger charge is -2.16. The number of hydrogen-bond acceptors (Lipinski definition) is 3. The van der Waals surface area contributed by atoms with Crippen molar-refractivity contribution >= 4 is 39.7 Å². The van der Waals surface area contributed by atoms with Crippen molar-refractivity contribution in [2.75, 3.05) is 13.1 Å². The lowest BCUT2D eigenvalue weighted by atomic mass is 10.1. The summed E-state index contributed by atoms with van der Waals surface area (Å²) in [5.41, 5.74) is 1.92. The maximum absolute atomic E-state index is 12.2. The van der Waals surface area contributed by atoms with Gasteiger partial charge >= 0.3 is 0 Å². The lowest BCUT2D eigenvalue weighted by molar-refractivity contribution is 0.0965. The van der Waals surface area contributed by atoms with Gasteiger partial charge in [-0.05, 0) is 5.56 Å². The average molecular weight is 377 g/mol. The van der Waals surface area contributed by atoms with Crippen LogP contribution in [0.25, 0.3) is 0 Å². The van der Waals surface area contributed by atoms with Gasteiger partial charge < -0.3 is 4.90 Å². The number of rotatable bonds is 4. The van der Waals surface area contributed by atoms with Crippen LogP contribution in [0.1, 0.15) is 21.2 Å². The molecule has 1 N–H and O–H groups in total. The summed E-state index contributed by atoms with van der Waals surface area (Å²) in [7, 11) is 0. The highest BCUT2D eigenvalue weighted by molar-refractivity contribution is 8.93. The van der Waals surface area contributed by atoms with Gasteiger partial charge in [-0.15, -0.1) is 17.0 Å². The molecule has 1 heterocycles. The van der Waals surface area contributed by atoms with Gasteiger partial charge in [-0.2, -0.15) is 0 Å². The van der Waals surface area contributed by atoms with E-state index in [0.29, 0.717) is 17.3 Å². The first-order chi connectivity index (χ1) is 10.2. The fourth-order valence-corrected chi connectivity index (χ4v) is 3.50. The summed E-state index contributed by atoms with van der Waals surface area (Å²) in [5.74, 6) is 0.0645. The van der Waals surface area contributed by atoms with Gasteiger partial charge in [-0.1, -0.05) is 72.4 Å². The quantitative estimate of drug-likeness (QED) is 0.814. The van der Waals surface area contributed by atoms with Crippen LogP contribution in [0, 0.1) is 5.41 Å². The minimum atomic E-state index is 0. The molecule has 0 aromatic heterocycles. The third-order valence-electron chi connectivity index (χ3n) is 3.53. The lowest BCUT2D eigenvalue weighted by Crippen LogP contribution is -2.30. The van der Waals surface area contributed by atoms with Crippen LogP contribution in [-0.2, 0) is 0 Å². The maximum atomic E-state index is 12.2. The predicted molar refractivity (Wildman–Crippen MR) is 97.2 cm³/mol. The molecule has 114 valence electrons. The molecule has 1 aliphatic rings. The number of nitrogens with zero attached hydrogens (tertiary/aromatic N) is 1. The number of amidine groups is 1. The van der Waals surface area contributed by atoms with E-state index in [0.717, 1.165) is 0 Å². The Labute approximate surface area is 145 Å². The summed E-state index contributed by atoms with van der Waals surface area (Å²) >= 11 is 1.52. The van der Waals surface area contributed by atoms with Crippen LogP contribution < -0.4 is 0 Å². The molecule has 5 heteroatoms. The van der Waals surface area contributed by atoms with Gasteiger partial charge in [-0.3, -0.25) is 10.2 Å². The second-order valence-electron chi connectivity index (χ2n) is 4.99. The highest BCUT2D eigenvalue weighted by Gasteiger charge is 2.30. The van der Waals surface area contributed by atoms with Gasteiger partial charge in [0.25, 0.3) is 0 Å². The molecule has 0 radical (unpaired) electrons. The van der Waals surface area contributed by atoms with Gasteiger partial charge in [-0.25, -0.2) is 0 Å². The van der Waals surface area contributed by atoms with Crippen molar-refractivity contribution < 1.29 is 4.79 Å². The summed E-state index contributed by atoms with van der Waals surface area (Å²) in [6, 6.07) is 19.4. The standard InChI is InChI=1S/C17H16N2OS.BrH/c18-17-19(11-15(20)13-7-3-1-4-8-13)12-16(21-17)14-9-5-2-6-10-14;/h1-10,16,18H,11-12H2;1H. The zero-order valence-electron chi connectivity index (χ0n) is 11.9. The molecule has 0 saturated carbocycles. The molecular formula is C17H17BrN2OS. The van der Waals surface area contributed by atoms with Gasteiger partial charge in [0.15, 0.2) is 11.0 Å². The molecule has 1 saturated heterocycles. The molecule has 0 aliphatic carbocycles. The maximum Gasteiger partial charge on any atom is 0.182 e. The number of carbonyl (C=O) groups is 1. The molecule has 0 amide bonds. The summed E-state index contributed by atoms with van der Waals surface area (Å²) in [4.78, 5) is 14.1. The molecule has 1 aliphatic heterocycles. The molecule has 3 rings (SSSR count). The normalized spacial score (nSPS) is 17.2. The molecule has 1 unspecified atom stereocenters. The van der Waals surface area contributed by atoms with Crippen LogP contribution in [0.3, 0.4) is 0 Å². The van der Waals surface area contributed by atoms with E-state index in [2.05, 4.69) is 12.1 Å².